The Balaban J connectivity index is 0.00000261. The largest absolute Gasteiger partial charge is 0.381 e. The third-order valence-electron chi connectivity index (χ3n) is 5.10. The van der Waals surface area contributed by atoms with Gasteiger partial charge in [-0.1, -0.05) is 36.3 Å². The molecule has 0 spiro atoms. The van der Waals surface area contributed by atoms with E-state index in [4.69, 9.17) is 15.0 Å². The number of nitrogens with zero attached hydrogens (tertiary/aromatic N) is 2. The fourth-order valence-corrected chi connectivity index (χ4v) is 3.12. The first kappa shape index (κ1) is 21.3. The number of nitrogens with two attached hydrogens (primary N) is 1. The Bertz CT molecular complexity index is 742. The van der Waals surface area contributed by atoms with Gasteiger partial charge in [-0.25, -0.2) is 0 Å². The monoisotopic (exact) mass is 394 g/mol. The molecule has 3 N–H and O–H groups in total. The maximum Gasteiger partial charge on any atom is 0.249 e. The van der Waals surface area contributed by atoms with E-state index in [0.29, 0.717) is 44.3 Å². The Hall–Kier alpha value is -1.96. The minimum atomic E-state index is -0.578. The molecule has 27 heavy (non-hydrogen) atoms. The Morgan fingerprint density at radius 3 is 2.56 bits per heavy atom. The van der Waals surface area contributed by atoms with E-state index in [9.17, 15) is 4.79 Å². The lowest BCUT2D eigenvalue weighted by atomic mass is 9.79. The summed E-state index contributed by atoms with van der Waals surface area (Å²) in [6.45, 7) is 5.35. The molecule has 148 valence electrons. The molecule has 3 rings (SSSR count). The molecule has 1 fully saturated rings. The molecular weight excluding hydrogens is 368 g/mol. The summed E-state index contributed by atoms with van der Waals surface area (Å²) in [4.78, 5) is 17.2. The molecule has 1 aliphatic heterocycles. The highest BCUT2D eigenvalue weighted by Crippen LogP contribution is 2.30. The standard InChI is InChI=1S/C19H26N4O3.ClH/c1-3-14-4-6-15(7-5-14)16-22-17(26-23-16)13(2)21-18(24)19(12-20)8-10-25-11-9-19;/h4-7,13H,3,8-12,20H2,1-2H3,(H,21,24);1H. The van der Waals surface area contributed by atoms with E-state index in [1.165, 1.54) is 5.56 Å². The first-order valence-electron chi connectivity index (χ1n) is 9.09. The Kier molecular flexibility index (Phi) is 7.35. The number of amides is 1. The van der Waals surface area contributed by atoms with Crippen LogP contribution in [0.5, 0.6) is 0 Å². The number of aromatic nitrogens is 2. The van der Waals surface area contributed by atoms with Crippen molar-refractivity contribution in [1.29, 1.82) is 0 Å². The number of rotatable bonds is 6. The topological polar surface area (TPSA) is 103 Å². The van der Waals surface area contributed by atoms with Crippen molar-refractivity contribution in [3.05, 3.63) is 35.7 Å². The molecule has 0 radical (unpaired) electrons. The molecule has 8 heteroatoms. The van der Waals surface area contributed by atoms with Gasteiger partial charge in [-0.2, -0.15) is 4.98 Å². The van der Waals surface area contributed by atoms with E-state index in [2.05, 4.69) is 22.4 Å². The molecule has 1 amide bonds. The van der Waals surface area contributed by atoms with Gasteiger partial charge in [-0.15, -0.1) is 12.4 Å². The van der Waals surface area contributed by atoms with Gasteiger partial charge in [0.2, 0.25) is 17.6 Å². The number of benzene rings is 1. The van der Waals surface area contributed by atoms with Gasteiger partial charge in [0.15, 0.2) is 0 Å². The van der Waals surface area contributed by atoms with E-state index in [1.54, 1.807) is 0 Å². The van der Waals surface area contributed by atoms with E-state index >= 15 is 0 Å². The number of hydrogen-bond donors (Lipinski definition) is 2. The zero-order valence-corrected chi connectivity index (χ0v) is 16.6. The molecule has 1 saturated heterocycles. The van der Waals surface area contributed by atoms with Gasteiger partial charge < -0.3 is 20.3 Å². The SMILES string of the molecule is CCc1ccc(-c2noc(C(C)NC(=O)C3(CN)CCOCC3)n2)cc1.Cl. The van der Waals surface area contributed by atoms with Gasteiger partial charge >= 0.3 is 0 Å². The zero-order valence-electron chi connectivity index (χ0n) is 15.7. The summed E-state index contributed by atoms with van der Waals surface area (Å²) in [5.74, 6) is 0.818. The predicted molar refractivity (Wildman–Crippen MR) is 104 cm³/mol. The predicted octanol–water partition coefficient (Wildman–Crippen LogP) is 2.65. The van der Waals surface area contributed by atoms with E-state index in [1.807, 2.05) is 31.2 Å². The summed E-state index contributed by atoms with van der Waals surface area (Å²) in [6, 6.07) is 7.66. The molecule has 0 aliphatic carbocycles. The molecule has 1 unspecified atom stereocenters. The smallest absolute Gasteiger partial charge is 0.249 e. The normalized spacial score (nSPS) is 17.0. The van der Waals surface area contributed by atoms with Crippen LogP contribution >= 0.6 is 12.4 Å². The van der Waals surface area contributed by atoms with E-state index in [0.717, 1.165) is 12.0 Å². The number of hydrogen-bond acceptors (Lipinski definition) is 6. The Morgan fingerprint density at radius 1 is 1.30 bits per heavy atom. The average molecular weight is 395 g/mol. The van der Waals surface area contributed by atoms with Gasteiger partial charge in [-0.05, 0) is 31.7 Å². The molecule has 1 atom stereocenters. The Labute approximate surface area is 165 Å². The maximum atomic E-state index is 12.7. The van der Waals surface area contributed by atoms with Crippen molar-refractivity contribution in [2.24, 2.45) is 11.1 Å². The number of carbonyl (C=O) groups excluding carboxylic acids is 1. The first-order chi connectivity index (χ1) is 12.6. The van der Waals surface area contributed by atoms with Crippen molar-refractivity contribution in [2.45, 2.75) is 39.2 Å². The quantitative estimate of drug-likeness (QED) is 0.780. The van der Waals surface area contributed by atoms with Gasteiger partial charge in [0.25, 0.3) is 0 Å². The van der Waals surface area contributed by atoms with Crippen molar-refractivity contribution in [3.63, 3.8) is 0 Å². The summed E-state index contributed by atoms with van der Waals surface area (Å²) in [6.07, 6.45) is 2.23. The van der Waals surface area contributed by atoms with Crippen LogP contribution in [0.15, 0.2) is 28.8 Å². The van der Waals surface area contributed by atoms with Gasteiger partial charge in [-0.3, -0.25) is 4.79 Å². The first-order valence-corrected chi connectivity index (χ1v) is 9.09. The van der Waals surface area contributed by atoms with Crippen LogP contribution in [0.2, 0.25) is 0 Å². The van der Waals surface area contributed by atoms with Crippen LogP contribution in [0.1, 0.15) is 44.2 Å². The number of halogens is 1. The number of nitrogens with one attached hydrogen (secondary N) is 1. The minimum Gasteiger partial charge on any atom is -0.381 e. The van der Waals surface area contributed by atoms with Gasteiger partial charge in [0.05, 0.1) is 5.41 Å². The second kappa shape index (κ2) is 9.30. The van der Waals surface area contributed by atoms with Crippen LogP contribution in [0.3, 0.4) is 0 Å². The lowest BCUT2D eigenvalue weighted by Gasteiger charge is -2.35. The van der Waals surface area contributed by atoms with Crippen LogP contribution in [0.25, 0.3) is 11.4 Å². The van der Waals surface area contributed by atoms with Crippen molar-refractivity contribution in [3.8, 4) is 11.4 Å². The minimum absolute atomic E-state index is 0. The zero-order chi connectivity index (χ0) is 18.6. The summed E-state index contributed by atoms with van der Waals surface area (Å²) < 4.78 is 10.7. The van der Waals surface area contributed by atoms with E-state index < -0.39 is 5.41 Å². The van der Waals surface area contributed by atoms with Gasteiger partial charge in [0.1, 0.15) is 6.04 Å². The van der Waals surface area contributed by atoms with E-state index in [-0.39, 0.29) is 24.4 Å². The fourth-order valence-electron chi connectivity index (χ4n) is 3.12. The Morgan fingerprint density at radius 2 is 1.96 bits per heavy atom. The highest BCUT2D eigenvalue weighted by atomic mass is 35.5. The van der Waals surface area contributed by atoms with Crippen LogP contribution in [-0.2, 0) is 16.0 Å². The average Bonchev–Trinajstić information content (AvgIpc) is 3.19. The summed E-state index contributed by atoms with van der Waals surface area (Å²) in [5.41, 5.74) is 7.45. The lowest BCUT2D eigenvalue weighted by molar-refractivity contribution is -0.136. The third-order valence-corrected chi connectivity index (χ3v) is 5.10. The second-order valence-corrected chi connectivity index (χ2v) is 6.80. The highest BCUT2D eigenvalue weighted by Gasteiger charge is 2.39. The van der Waals surface area contributed by atoms with Gasteiger partial charge in [0, 0.05) is 25.3 Å². The van der Waals surface area contributed by atoms with Crippen molar-refractivity contribution in [1.82, 2.24) is 15.5 Å². The van der Waals surface area contributed by atoms with Crippen LogP contribution in [0.4, 0.5) is 0 Å². The molecular formula is C19H27ClN4O3. The lowest BCUT2D eigenvalue weighted by Crippen LogP contribution is -2.49. The number of aryl methyl sites for hydroxylation is 1. The molecule has 2 heterocycles. The fraction of sp³-hybridized carbons (Fsp3) is 0.526. The molecule has 0 saturated carbocycles. The van der Waals surface area contributed by atoms with Crippen LogP contribution in [0, 0.1) is 5.41 Å². The summed E-state index contributed by atoms with van der Waals surface area (Å²) >= 11 is 0. The molecule has 2 aromatic rings. The van der Waals surface area contributed by atoms with Crippen molar-refractivity contribution < 1.29 is 14.1 Å². The molecule has 1 aromatic carbocycles. The number of carbonyl (C=O) groups is 1. The maximum absolute atomic E-state index is 12.7. The van der Waals surface area contributed by atoms with Crippen molar-refractivity contribution in [2.75, 3.05) is 19.8 Å². The van der Waals surface area contributed by atoms with Crippen LogP contribution in [-0.4, -0.2) is 35.8 Å². The molecule has 0 bridgehead atoms. The second-order valence-electron chi connectivity index (χ2n) is 6.80. The molecule has 7 nitrogen and oxygen atoms in total. The summed E-state index contributed by atoms with van der Waals surface area (Å²) in [7, 11) is 0. The molecule has 1 aliphatic rings. The number of ether oxygens (including phenoxy) is 1. The highest BCUT2D eigenvalue weighted by molar-refractivity contribution is 5.85. The summed E-state index contributed by atoms with van der Waals surface area (Å²) in [5, 5.41) is 7.01. The van der Waals surface area contributed by atoms with Crippen LogP contribution < -0.4 is 11.1 Å². The van der Waals surface area contributed by atoms with Crippen molar-refractivity contribution >= 4 is 18.3 Å². The third kappa shape index (κ3) is 4.66. The molecule has 1 aromatic heterocycles.